The van der Waals surface area contributed by atoms with Crippen LogP contribution in [0.3, 0.4) is 0 Å². The van der Waals surface area contributed by atoms with E-state index in [0.29, 0.717) is 11.3 Å². The van der Waals surface area contributed by atoms with Gasteiger partial charge in [0.25, 0.3) is 6.17 Å². The van der Waals surface area contributed by atoms with E-state index in [1.54, 1.807) is 0 Å². The molecular formula is C15H12F6N2O. The van der Waals surface area contributed by atoms with Crippen LogP contribution in [-0.4, -0.2) is 28.0 Å². The Bertz CT molecular complexity index is 701. The number of nitrogens with zero attached hydrogens (tertiary/aromatic N) is 2. The van der Waals surface area contributed by atoms with Gasteiger partial charge in [-0.25, -0.2) is 9.37 Å². The summed E-state index contributed by atoms with van der Waals surface area (Å²) in [5, 5.41) is 0. The summed E-state index contributed by atoms with van der Waals surface area (Å²) in [7, 11) is 0. The normalized spacial score (nSPS) is 16.1. The summed E-state index contributed by atoms with van der Waals surface area (Å²) < 4.78 is 81.3. The van der Waals surface area contributed by atoms with Gasteiger partial charge in [-0.3, -0.25) is 0 Å². The molecule has 0 spiro atoms. The number of hydrogen-bond acceptors (Lipinski definition) is 2. The van der Waals surface area contributed by atoms with Crippen LogP contribution < -0.4 is 4.74 Å². The van der Waals surface area contributed by atoms with Crippen molar-refractivity contribution in [3.63, 3.8) is 0 Å². The van der Waals surface area contributed by atoms with Crippen molar-refractivity contribution in [3.05, 3.63) is 36.3 Å². The Morgan fingerprint density at radius 3 is 2.33 bits per heavy atom. The average Bonchev–Trinajstić information content (AvgIpc) is 3.07. The van der Waals surface area contributed by atoms with Gasteiger partial charge in [-0.2, -0.15) is 22.0 Å². The highest BCUT2D eigenvalue weighted by molar-refractivity contribution is 5.59. The van der Waals surface area contributed by atoms with Gasteiger partial charge in [-0.05, 0) is 30.7 Å². The number of hydrogen-bond donors (Lipinski definition) is 0. The predicted molar refractivity (Wildman–Crippen MR) is 72.5 cm³/mol. The summed E-state index contributed by atoms with van der Waals surface area (Å²) in [6.45, 7) is 0.852. The molecule has 1 aliphatic rings. The van der Waals surface area contributed by atoms with Crippen molar-refractivity contribution in [2.45, 2.75) is 37.8 Å². The topological polar surface area (TPSA) is 27.1 Å². The first-order valence-corrected chi connectivity index (χ1v) is 7.11. The Balaban J connectivity index is 1.74. The smallest absolute Gasteiger partial charge is 0.430 e. The number of aromatic nitrogens is 2. The Labute approximate surface area is 132 Å². The van der Waals surface area contributed by atoms with Gasteiger partial charge in [0, 0.05) is 24.7 Å². The van der Waals surface area contributed by atoms with Gasteiger partial charge in [0.2, 0.25) is 0 Å². The van der Waals surface area contributed by atoms with Crippen molar-refractivity contribution in [3.8, 4) is 17.0 Å². The highest BCUT2D eigenvalue weighted by Gasteiger charge is 2.59. The second kappa shape index (κ2) is 5.71. The van der Waals surface area contributed by atoms with Crippen LogP contribution in [0.15, 0.2) is 30.5 Å². The van der Waals surface area contributed by atoms with E-state index in [-0.39, 0.29) is 0 Å². The lowest BCUT2D eigenvalue weighted by Gasteiger charge is -2.23. The van der Waals surface area contributed by atoms with E-state index in [0.717, 1.165) is 37.3 Å². The van der Waals surface area contributed by atoms with Crippen molar-refractivity contribution in [2.75, 3.05) is 0 Å². The van der Waals surface area contributed by atoms with Gasteiger partial charge in [-0.1, -0.05) is 0 Å². The first-order valence-electron chi connectivity index (χ1n) is 7.11. The summed E-state index contributed by atoms with van der Waals surface area (Å²) in [6.07, 6.45) is -11.4. The molecule has 0 saturated carbocycles. The third-order valence-corrected chi connectivity index (χ3v) is 3.65. The van der Waals surface area contributed by atoms with Crippen LogP contribution in [0.1, 0.15) is 12.2 Å². The highest BCUT2D eigenvalue weighted by Crippen LogP contribution is 2.37. The summed E-state index contributed by atoms with van der Waals surface area (Å²) in [5.41, 5.74) is 1.22. The lowest BCUT2D eigenvalue weighted by molar-refractivity contribution is -0.304. The third-order valence-electron chi connectivity index (χ3n) is 3.65. The lowest BCUT2D eigenvalue weighted by Crippen LogP contribution is -2.45. The predicted octanol–water partition coefficient (Wildman–Crippen LogP) is 4.37. The van der Waals surface area contributed by atoms with Crippen LogP contribution in [-0.2, 0) is 13.0 Å². The minimum absolute atomic E-state index is 0.567. The number of ether oxygens (including phenoxy) is 1. The maximum absolute atomic E-state index is 13.2. The van der Waals surface area contributed by atoms with E-state index in [1.807, 2.05) is 10.8 Å². The second-order valence-electron chi connectivity index (χ2n) is 5.43. The van der Waals surface area contributed by atoms with E-state index in [2.05, 4.69) is 9.72 Å². The van der Waals surface area contributed by atoms with Crippen molar-refractivity contribution in [2.24, 2.45) is 0 Å². The Morgan fingerprint density at radius 2 is 1.75 bits per heavy atom. The quantitative estimate of drug-likeness (QED) is 0.766. The number of imidazole rings is 1. The molecule has 3 nitrogen and oxygen atoms in total. The first kappa shape index (κ1) is 16.7. The summed E-state index contributed by atoms with van der Waals surface area (Å²) in [5.74, 6) is 0.352. The fraction of sp³-hybridized carbons (Fsp3) is 0.400. The minimum atomic E-state index is -5.71. The van der Waals surface area contributed by atoms with Gasteiger partial charge >= 0.3 is 12.3 Å². The molecule has 3 rings (SSSR count). The Hall–Kier alpha value is -2.19. The van der Waals surface area contributed by atoms with Gasteiger partial charge in [0.05, 0.1) is 5.69 Å². The fourth-order valence-electron chi connectivity index (χ4n) is 2.49. The standard InChI is InChI=1S/C15H12F6N2O/c16-13(14(17,18)19)15(20,21)24-10-5-3-9(4-6-10)11-8-23-7-1-2-12(23)22-11/h3-6,8,13H,1-2,7H2. The zero-order valence-corrected chi connectivity index (χ0v) is 12.2. The maximum atomic E-state index is 13.2. The molecule has 0 fully saturated rings. The molecule has 0 bridgehead atoms. The molecule has 9 heteroatoms. The molecule has 1 aromatic carbocycles. The molecule has 24 heavy (non-hydrogen) atoms. The lowest BCUT2D eigenvalue weighted by atomic mass is 10.1. The largest absolute Gasteiger partial charge is 0.439 e. The SMILES string of the molecule is FC(C(F)(F)F)C(F)(F)Oc1ccc(-c2cn3c(n2)CCC3)cc1. The molecule has 0 aliphatic carbocycles. The zero-order valence-electron chi connectivity index (χ0n) is 12.2. The third kappa shape index (κ3) is 3.20. The van der Waals surface area contributed by atoms with E-state index in [9.17, 15) is 26.3 Å². The Kier molecular flexibility index (Phi) is 3.97. The van der Waals surface area contributed by atoms with Gasteiger partial charge in [0.15, 0.2) is 0 Å². The molecule has 2 aromatic rings. The maximum Gasteiger partial charge on any atom is 0.439 e. The zero-order chi connectivity index (χ0) is 17.5. The minimum Gasteiger partial charge on any atom is -0.430 e. The van der Waals surface area contributed by atoms with E-state index < -0.39 is 24.2 Å². The molecule has 1 aliphatic heterocycles. The molecule has 0 amide bonds. The summed E-state index contributed by atoms with van der Waals surface area (Å²) >= 11 is 0. The van der Waals surface area contributed by atoms with Crippen LogP contribution in [0.25, 0.3) is 11.3 Å². The summed E-state index contributed by atoms with van der Waals surface area (Å²) in [4.78, 5) is 4.39. The van der Waals surface area contributed by atoms with Crippen LogP contribution in [0.4, 0.5) is 26.3 Å². The molecule has 2 heterocycles. The van der Waals surface area contributed by atoms with E-state index in [4.69, 9.17) is 0 Å². The molecule has 1 atom stereocenters. The molecule has 0 saturated heterocycles. The molecule has 1 aromatic heterocycles. The average molecular weight is 350 g/mol. The van der Waals surface area contributed by atoms with Crippen molar-refractivity contribution in [1.82, 2.24) is 9.55 Å². The summed E-state index contributed by atoms with van der Waals surface area (Å²) in [6, 6.07) is 4.86. The first-order chi connectivity index (χ1) is 11.2. The Morgan fingerprint density at radius 1 is 1.08 bits per heavy atom. The van der Waals surface area contributed by atoms with Crippen LogP contribution >= 0.6 is 0 Å². The number of benzene rings is 1. The number of aryl methyl sites for hydroxylation is 2. The number of alkyl halides is 6. The van der Waals surface area contributed by atoms with E-state index in [1.165, 1.54) is 12.1 Å². The van der Waals surface area contributed by atoms with Crippen LogP contribution in [0, 0.1) is 0 Å². The monoisotopic (exact) mass is 350 g/mol. The van der Waals surface area contributed by atoms with Crippen molar-refractivity contribution < 1.29 is 31.1 Å². The second-order valence-corrected chi connectivity index (χ2v) is 5.43. The molecule has 0 N–H and O–H groups in total. The number of fused-ring (bicyclic) bond motifs is 1. The van der Waals surface area contributed by atoms with Crippen molar-refractivity contribution >= 4 is 0 Å². The highest BCUT2D eigenvalue weighted by atomic mass is 19.4. The molecule has 130 valence electrons. The number of halogens is 6. The molecular weight excluding hydrogens is 338 g/mol. The fourth-order valence-corrected chi connectivity index (χ4v) is 2.49. The number of rotatable bonds is 4. The van der Waals surface area contributed by atoms with E-state index >= 15 is 0 Å². The van der Waals surface area contributed by atoms with Gasteiger partial charge < -0.3 is 9.30 Å². The van der Waals surface area contributed by atoms with Crippen LogP contribution in [0.5, 0.6) is 5.75 Å². The van der Waals surface area contributed by atoms with Crippen LogP contribution in [0.2, 0.25) is 0 Å². The van der Waals surface area contributed by atoms with Gasteiger partial charge in [0.1, 0.15) is 11.6 Å². The van der Waals surface area contributed by atoms with Crippen molar-refractivity contribution in [1.29, 1.82) is 0 Å². The van der Waals surface area contributed by atoms with Gasteiger partial charge in [-0.15, -0.1) is 0 Å². The molecule has 1 unspecified atom stereocenters. The molecule has 0 radical (unpaired) electrons.